The summed E-state index contributed by atoms with van der Waals surface area (Å²) in [6.07, 6.45) is 7.37. The molecule has 4 rings (SSSR count). The number of hydrogen-bond acceptors (Lipinski definition) is 3. The minimum Gasteiger partial charge on any atom is -0.495 e. The number of ether oxygens (including phenoxy) is 1. The van der Waals surface area contributed by atoms with Gasteiger partial charge in [0, 0.05) is 47.4 Å². The number of nitrogens with zero attached hydrogens (tertiary/aromatic N) is 2. The molecule has 0 saturated carbocycles. The zero-order valence-electron chi connectivity index (χ0n) is 15.0. The Bertz CT molecular complexity index is 870. The first-order valence-corrected chi connectivity index (χ1v) is 9.08. The molecule has 2 aromatic heterocycles. The maximum Gasteiger partial charge on any atom is 0.137 e. The van der Waals surface area contributed by atoms with E-state index in [4.69, 9.17) is 4.74 Å². The van der Waals surface area contributed by atoms with Crippen molar-refractivity contribution in [1.29, 1.82) is 0 Å². The summed E-state index contributed by atoms with van der Waals surface area (Å²) in [5.74, 6) is 0.784. The van der Waals surface area contributed by atoms with Crippen molar-refractivity contribution in [2.45, 2.75) is 32.2 Å². The molecule has 1 aliphatic heterocycles. The quantitative estimate of drug-likeness (QED) is 0.757. The number of benzene rings is 1. The van der Waals surface area contributed by atoms with Crippen molar-refractivity contribution in [3.8, 4) is 16.9 Å². The number of aromatic nitrogens is 2. The van der Waals surface area contributed by atoms with Gasteiger partial charge in [-0.25, -0.2) is 0 Å². The third kappa shape index (κ3) is 3.40. The topological polar surface area (TPSA) is 41.1 Å². The van der Waals surface area contributed by atoms with E-state index in [2.05, 4.69) is 46.1 Å². The van der Waals surface area contributed by atoms with Gasteiger partial charge in [-0.05, 0) is 56.1 Å². The molecule has 130 valence electrons. The number of aromatic amines is 1. The Labute approximate surface area is 148 Å². The summed E-state index contributed by atoms with van der Waals surface area (Å²) < 4.78 is 5.28. The van der Waals surface area contributed by atoms with Gasteiger partial charge in [-0.1, -0.05) is 6.07 Å². The van der Waals surface area contributed by atoms with E-state index in [0.29, 0.717) is 0 Å². The van der Waals surface area contributed by atoms with Gasteiger partial charge in [-0.3, -0.25) is 4.98 Å². The largest absolute Gasteiger partial charge is 0.495 e. The SMILES string of the molecule is COc1cncc(-c2ccc3[nH]c(CCN4CCC[C@H]4C)cc3c2)c1. The van der Waals surface area contributed by atoms with Gasteiger partial charge < -0.3 is 14.6 Å². The van der Waals surface area contributed by atoms with Crippen LogP contribution in [-0.2, 0) is 6.42 Å². The average molecular weight is 335 g/mol. The number of H-pyrrole nitrogens is 1. The average Bonchev–Trinajstić information content (AvgIpc) is 3.24. The summed E-state index contributed by atoms with van der Waals surface area (Å²) in [5, 5.41) is 1.25. The van der Waals surface area contributed by atoms with Gasteiger partial charge in [0.25, 0.3) is 0 Å². The van der Waals surface area contributed by atoms with Crippen molar-refractivity contribution in [3.05, 3.63) is 48.4 Å². The maximum absolute atomic E-state index is 5.28. The molecule has 1 aliphatic rings. The van der Waals surface area contributed by atoms with Crippen molar-refractivity contribution in [2.24, 2.45) is 0 Å². The fourth-order valence-electron chi connectivity index (χ4n) is 3.78. The second-order valence-electron chi connectivity index (χ2n) is 6.99. The molecule has 0 amide bonds. The van der Waals surface area contributed by atoms with Crippen LogP contribution in [0.3, 0.4) is 0 Å². The molecule has 1 N–H and O–H groups in total. The van der Waals surface area contributed by atoms with Crippen LogP contribution in [0.2, 0.25) is 0 Å². The molecule has 0 aliphatic carbocycles. The molecular formula is C21H25N3O. The lowest BCUT2D eigenvalue weighted by molar-refractivity contribution is 0.271. The van der Waals surface area contributed by atoms with Gasteiger partial charge in [0.15, 0.2) is 0 Å². The Kier molecular flexibility index (Phi) is 4.45. The molecule has 1 atom stereocenters. The number of hydrogen-bond donors (Lipinski definition) is 1. The lowest BCUT2D eigenvalue weighted by Crippen LogP contribution is -2.29. The predicted octanol–water partition coefficient (Wildman–Crippen LogP) is 4.27. The van der Waals surface area contributed by atoms with Crippen molar-refractivity contribution >= 4 is 10.9 Å². The number of pyridine rings is 1. The predicted molar refractivity (Wildman–Crippen MR) is 102 cm³/mol. The lowest BCUT2D eigenvalue weighted by atomic mass is 10.1. The van der Waals surface area contributed by atoms with Gasteiger partial charge in [0.1, 0.15) is 5.75 Å². The van der Waals surface area contributed by atoms with E-state index in [-0.39, 0.29) is 0 Å². The lowest BCUT2D eigenvalue weighted by Gasteiger charge is -2.20. The fourth-order valence-corrected chi connectivity index (χ4v) is 3.78. The molecule has 4 nitrogen and oxygen atoms in total. The number of rotatable bonds is 5. The van der Waals surface area contributed by atoms with E-state index < -0.39 is 0 Å². The summed E-state index contributed by atoms with van der Waals surface area (Å²) in [7, 11) is 1.67. The normalized spacial score (nSPS) is 18.1. The van der Waals surface area contributed by atoms with Crippen LogP contribution in [0.1, 0.15) is 25.5 Å². The van der Waals surface area contributed by atoms with Crippen LogP contribution >= 0.6 is 0 Å². The Morgan fingerprint density at radius 3 is 2.92 bits per heavy atom. The van der Waals surface area contributed by atoms with Crippen LogP contribution in [-0.4, -0.2) is 41.1 Å². The molecule has 0 spiro atoms. The molecule has 3 aromatic rings. The zero-order valence-corrected chi connectivity index (χ0v) is 15.0. The highest BCUT2D eigenvalue weighted by Gasteiger charge is 2.19. The van der Waals surface area contributed by atoms with Crippen LogP contribution in [0.25, 0.3) is 22.0 Å². The van der Waals surface area contributed by atoms with Crippen LogP contribution in [0.15, 0.2) is 42.7 Å². The van der Waals surface area contributed by atoms with Gasteiger partial charge >= 0.3 is 0 Å². The molecule has 25 heavy (non-hydrogen) atoms. The molecule has 0 radical (unpaired) electrons. The third-order valence-electron chi connectivity index (χ3n) is 5.32. The summed E-state index contributed by atoms with van der Waals surface area (Å²) in [6.45, 7) is 4.72. The molecule has 3 heterocycles. The summed E-state index contributed by atoms with van der Waals surface area (Å²) in [4.78, 5) is 10.4. The van der Waals surface area contributed by atoms with Crippen LogP contribution in [0.5, 0.6) is 5.75 Å². The molecule has 0 bridgehead atoms. The van der Waals surface area contributed by atoms with Crippen molar-refractivity contribution in [1.82, 2.24) is 14.9 Å². The first kappa shape index (κ1) is 16.2. The number of fused-ring (bicyclic) bond motifs is 1. The van der Waals surface area contributed by atoms with Gasteiger partial charge in [-0.2, -0.15) is 0 Å². The summed E-state index contributed by atoms with van der Waals surface area (Å²) in [6, 6.07) is 11.6. The Balaban J connectivity index is 1.54. The molecule has 4 heteroatoms. The molecular weight excluding hydrogens is 310 g/mol. The Morgan fingerprint density at radius 2 is 2.12 bits per heavy atom. The second-order valence-corrected chi connectivity index (χ2v) is 6.99. The Morgan fingerprint density at radius 1 is 1.20 bits per heavy atom. The third-order valence-corrected chi connectivity index (χ3v) is 5.32. The summed E-state index contributed by atoms with van der Waals surface area (Å²) in [5.41, 5.74) is 4.76. The van der Waals surface area contributed by atoms with Gasteiger partial charge in [-0.15, -0.1) is 0 Å². The highest BCUT2D eigenvalue weighted by molar-refractivity contribution is 5.85. The molecule has 1 fully saturated rings. The van der Waals surface area contributed by atoms with Crippen molar-refractivity contribution < 1.29 is 4.74 Å². The van der Waals surface area contributed by atoms with Gasteiger partial charge in [0.2, 0.25) is 0 Å². The van der Waals surface area contributed by atoms with Crippen LogP contribution in [0, 0.1) is 0 Å². The standard InChI is InChI=1S/C21H25N3O/c1-15-4-3-8-24(15)9-7-19-11-17-10-16(5-6-21(17)23-19)18-12-20(25-2)14-22-13-18/h5-6,10-15,23H,3-4,7-9H2,1-2H3/t15-/m1/s1. The molecule has 1 saturated heterocycles. The first-order chi connectivity index (χ1) is 12.2. The maximum atomic E-state index is 5.28. The van der Waals surface area contributed by atoms with Gasteiger partial charge in [0.05, 0.1) is 13.3 Å². The minimum absolute atomic E-state index is 0.733. The number of likely N-dealkylation sites (tertiary alicyclic amines) is 1. The van der Waals surface area contributed by atoms with Crippen LogP contribution in [0.4, 0.5) is 0 Å². The van der Waals surface area contributed by atoms with E-state index in [1.165, 1.54) is 36.0 Å². The van der Waals surface area contributed by atoms with Crippen molar-refractivity contribution in [2.75, 3.05) is 20.2 Å². The molecule has 0 unspecified atom stereocenters. The highest BCUT2D eigenvalue weighted by Crippen LogP contribution is 2.27. The van der Waals surface area contributed by atoms with E-state index in [1.807, 2.05) is 12.3 Å². The van der Waals surface area contributed by atoms with E-state index in [1.54, 1.807) is 13.3 Å². The zero-order chi connectivity index (χ0) is 17.2. The van der Waals surface area contributed by atoms with Crippen molar-refractivity contribution in [3.63, 3.8) is 0 Å². The number of methoxy groups -OCH3 is 1. The Hall–Kier alpha value is -2.33. The van der Waals surface area contributed by atoms with E-state index in [0.717, 1.165) is 35.9 Å². The smallest absolute Gasteiger partial charge is 0.137 e. The monoisotopic (exact) mass is 335 g/mol. The second kappa shape index (κ2) is 6.89. The number of nitrogens with one attached hydrogen (secondary N) is 1. The molecule has 1 aromatic carbocycles. The van der Waals surface area contributed by atoms with Crippen LogP contribution < -0.4 is 4.74 Å². The van der Waals surface area contributed by atoms with E-state index >= 15 is 0 Å². The van der Waals surface area contributed by atoms with E-state index in [9.17, 15) is 0 Å². The summed E-state index contributed by atoms with van der Waals surface area (Å²) >= 11 is 0. The minimum atomic E-state index is 0.733. The fraction of sp³-hybridized carbons (Fsp3) is 0.381. The first-order valence-electron chi connectivity index (χ1n) is 9.08. The highest BCUT2D eigenvalue weighted by atomic mass is 16.5.